The maximum atomic E-state index is 5.57. The Hall–Kier alpha value is -0.960. The topological polar surface area (TPSA) is 26.0 Å². The van der Waals surface area contributed by atoms with Gasteiger partial charge in [-0.15, -0.1) is 0 Å². The second-order valence-electron chi connectivity index (χ2n) is 3.46. The fourth-order valence-electron chi connectivity index (χ4n) is 1.36. The molecule has 1 unspecified atom stereocenters. The van der Waals surface area contributed by atoms with Gasteiger partial charge in [0.25, 0.3) is 0 Å². The zero-order valence-electron chi connectivity index (χ0n) is 8.10. The van der Waals surface area contributed by atoms with E-state index in [0.29, 0.717) is 5.25 Å². The van der Waals surface area contributed by atoms with Crippen LogP contribution in [0.3, 0.4) is 0 Å². The van der Waals surface area contributed by atoms with Crippen molar-refractivity contribution in [1.82, 2.24) is 4.98 Å². The van der Waals surface area contributed by atoms with Gasteiger partial charge < -0.3 is 4.42 Å². The standard InChI is InChI=1S/C11H13NOS/c1-8(14)6-7-11-12-9-4-2-3-5-10(9)13-11/h2-5,8,14H,6-7H2,1H3. The van der Waals surface area contributed by atoms with Crippen LogP contribution in [0.2, 0.25) is 0 Å². The van der Waals surface area contributed by atoms with Crippen molar-refractivity contribution >= 4 is 23.7 Å². The third-order valence-electron chi connectivity index (χ3n) is 2.11. The van der Waals surface area contributed by atoms with Gasteiger partial charge in [0, 0.05) is 6.42 Å². The lowest BCUT2D eigenvalue weighted by atomic mass is 10.2. The van der Waals surface area contributed by atoms with Gasteiger partial charge in [0.05, 0.1) is 0 Å². The molecule has 3 heteroatoms. The van der Waals surface area contributed by atoms with Crippen LogP contribution >= 0.6 is 12.6 Å². The van der Waals surface area contributed by atoms with Gasteiger partial charge in [0.15, 0.2) is 11.5 Å². The number of aryl methyl sites for hydroxylation is 1. The van der Waals surface area contributed by atoms with E-state index in [1.54, 1.807) is 0 Å². The van der Waals surface area contributed by atoms with Crippen LogP contribution in [0.15, 0.2) is 28.7 Å². The van der Waals surface area contributed by atoms with Gasteiger partial charge >= 0.3 is 0 Å². The number of nitrogens with zero attached hydrogens (tertiary/aromatic N) is 1. The number of aromatic nitrogens is 1. The Bertz CT molecular complexity index is 389. The Kier molecular flexibility index (Phi) is 2.77. The van der Waals surface area contributed by atoms with Crippen molar-refractivity contribution in [3.63, 3.8) is 0 Å². The Balaban J connectivity index is 2.19. The van der Waals surface area contributed by atoms with E-state index in [9.17, 15) is 0 Å². The van der Waals surface area contributed by atoms with Crippen molar-refractivity contribution in [2.45, 2.75) is 25.0 Å². The first kappa shape index (κ1) is 9.59. The van der Waals surface area contributed by atoms with Crippen LogP contribution in [0.4, 0.5) is 0 Å². The Morgan fingerprint density at radius 1 is 1.43 bits per heavy atom. The zero-order chi connectivity index (χ0) is 9.97. The molecule has 0 bridgehead atoms. The van der Waals surface area contributed by atoms with E-state index in [2.05, 4.69) is 24.5 Å². The Morgan fingerprint density at radius 3 is 2.93 bits per heavy atom. The minimum Gasteiger partial charge on any atom is -0.441 e. The van der Waals surface area contributed by atoms with Gasteiger partial charge in [-0.3, -0.25) is 0 Å². The van der Waals surface area contributed by atoms with Crippen LogP contribution in [0, 0.1) is 0 Å². The Morgan fingerprint density at radius 2 is 2.21 bits per heavy atom. The molecular formula is C11H13NOS. The highest BCUT2D eigenvalue weighted by Crippen LogP contribution is 2.16. The zero-order valence-corrected chi connectivity index (χ0v) is 9.00. The third kappa shape index (κ3) is 2.10. The lowest BCUT2D eigenvalue weighted by molar-refractivity contribution is 0.519. The summed E-state index contributed by atoms with van der Waals surface area (Å²) in [5.41, 5.74) is 1.81. The predicted molar refractivity (Wildman–Crippen MR) is 60.8 cm³/mol. The minimum atomic E-state index is 0.394. The summed E-state index contributed by atoms with van der Waals surface area (Å²) >= 11 is 4.32. The van der Waals surface area contributed by atoms with Gasteiger partial charge in [-0.25, -0.2) is 4.98 Å². The van der Waals surface area contributed by atoms with Crippen molar-refractivity contribution in [3.8, 4) is 0 Å². The molecule has 1 heterocycles. The molecule has 0 aliphatic rings. The Labute approximate surface area is 88.7 Å². The predicted octanol–water partition coefficient (Wildman–Crippen LogP) is 3.08. The first-order valence-electron chi connectivity index (χ1n) is 4.78. The average molecular weight is 207 g/mol. The number of rotatable bonds is 3. The lowest BCUT2D eigenvalue weighted by Crippen LogP contribution is -1.94. The second-order valence-corrected chi connectivity index (χ2v) is 4.34. The summed E-state index contributed by atoms with van der Waals surface area (Å²) in [7, 11) is 0. The number of hydrogen-bond acceptors (Lipinski definition) is 3. The molecule has 0 saturated heterocycles. The summed E-state index contributed by atoms with van der Waals surface area (Å²) < 4.78 is 5.57. The van der Waals surface area contributed by atoms with Crippen LogP contribution in [0.5, 0.6) is 0 Å². The third-order valence-corrected chi connectivity index (χ3v) is 2.37. The summed E-state index contributed by atoms with van der Waals surface area (Å²) in [6, 6.07) is 7.83. The van der Waals surface area contributed by atoms with Crippen LogP contribution < -0.4 is 0 Å². The summed E-state index contributed by atoms with van der Waals surface area (Å²) in [6.07, 6.45) is 1.86. The van der Waals surface area contributed by atoms with Crippen molar-refractivity contribution < 1.29 is 4.42 Å². The van der Waals surface area contributed by atoms with Gasteiger partial charge in [0.2, 0.25) is 0 Å². The van der Waals surface area contributed by atoms with Gasteiger partial charge in [-0.05, 0) is 23.8 Å². The quantitative estimate of drug-likeness (QED) is 0.783. The molecular weight excluding hydrogens is 194 g/mol. The highest BCUT2D eigenvalue weighted by atomic mass is 32.1. The largest absolute Gasteiger partial charge is 0.441 e. The molecule has 14 heavy (non-hydrogen) atoms. The van der Waals surface area contributed by atoms with Crippen molar-refractivity contribution in [2.24, 2.45) is 0 Å². The van der Waals surface area contributed by atoms with E-state index in [-0.39, 0.29) is 0 Å². The number of para-hydroxylation sites is 2. The van der Waals surface area contributed by atoms with Crippen LogP contribution in [0.1, 0.15) is 19.2 Å². The second kappa shape index (κ2) is 4.05. The van der Waals surface area contributed by atoms with Crippen LogP contribution in [-0.4, -0.2) is 10.2 Å². The molecule has 2 rings (SSSR count). The number of thiol groups is 1. The molecule has 0 saturated carbocycles. The van der Waals surface area contributed by atoms with E-state index in [1.807, 2.05) is 24.3 Å². The fraction of sp³-hybridized carbons (Fsp3) is 0.364. The molecule has 0 fully saturated rings. The molecule has 0 aliphatic carbocycles. The van der Waals surface area contributed by atoms with Gasteiger partial charge in [-0.2, -0.15) is 12.6 Å². The highest BCUT2D eigenvalue weighted by Gasteiger charge is 2.05. The van der Waals surface area contributed by atoms with Crippen molar-refractivity contribution in [1.29, 1.82) is 0 Å². The summed E-state index contributed by atoms with van der Waals surface area (Å²) in [5, 5.41) is 0.394. The van der Waals surface area contributed by atoms with Crippen LogP contribution in [-0.2, 0) is 6.42 Å². The first-order chi connectivity index (χ1) is 6.75. The summed E-state index contributed by atoms with van der Waals surface area (Å²) in [5.74, 6) is 0.812. The smallest absolute Gasteiger partial charge is 0.195 e. The SMILES string of the molecule is CC(S)CCc1nc2ccccc2o1. The molecule has 0 spiro atoms. The maximum Gasteiger partial charge on any atom is 0.195 e. The molecule has 2 nitrogen and oxygen atoms in total. The normalized spacial score (nSPS) is 13.3. The molecule has 1 aromatic heterocycles. The maximum absolute atomic E-state index is 5.57. The van der Waals surface area contributed by atoms with E-state index < -0.39 is 0 Å². The molecule has 0 amide bonds. The number of oxazole rings is 1. The van der Waals surface area contributed by atoms with Crippen molar-refractivity contribution in [2.75, 3.05) is 0 Å². The monoisotopic (exact) mass is 207 g/mol. The molecule has 2 aromatic rings. The summed E-state index contributed by atoms with van der Waals surface area (Å²) in [6.45, 7) is 2.08. The van der Waals surface area contributed by atoms with Gasteiger partial charge in [-0.1, -0.05) is 19.1 Å². The number of hydrogen-bond donors (Lipinski definition) is 1. The lowest BCUT2D eigenvalue weighted by Gasteiger charge is -1.98. The molecule has 1 aromatic carbocycles. The average Bonchev–Trinajstić information content (AvgIpc) is 2.57. The van der Waals surface area contributed by atoms with E-state index in [0.717, 1.165) is 29.8 Å². The van der Waals surface area contributed by atoms with E-state index in [4.69, 9.17) is 4.42 Å². The van der Waals surface area contributed by atoms with Gasteiger partial charge in [0.1, 0.15) is 5.52 Å². The minimum absolute atomic E-state index is 0.394. The first-order valence-corrected chi connectivity index (χ1v) is 5.30. The van der Waals surface area contributed by atoms with Crippen LogP contribution in [0.25, 0.3) is 11.1 Å². The molecule has 1 atom stereocenters. The molecule has 0 N–H and O–H groups in total. The molecule has 0 aliphatic heterocycles. The fourth-order valence-corrected chi connectivity index (χ4v) is 1.49. The number of fused-ring (bicyclic) bond motifs is 1. The molecule has 0 radical (unpaired) electrons. The number of benzene rings is 1. The summed E-state index contributed by atoms with van der Waals surface area (Å²) in [4.78, 5) is 4.38. The molecule has 74 valence electrons. The highest BCUT2D eigenvalue weighted by molar-refractivity contribution is 7.80. The van der Waals surface area contributed by atoms with E-state index >= 15 is 0 Å². The van der Waals surface area contributed by atoms with Crippen molar-refractivity contribution in [3.05, 3.63) is 30.2 Å². The van der Waals surface area contributed by atoms with E-state index in [1.165, 1.54) is 0 Å².